The van der Waals surface area contributed by atoms with E-state index in [1.165, 1.54) is 0 Å². The first-order valence-corrected chi connectivity index (χ1v) is 10.2. The number of benzene rings is 2. The Bertz CT molecular complexity index is 1020. The van der Waals surface area contributed by atoms with Gasteiger partial charge in [0.15, 0.2) is 0 Å². The maximum Gasteiger partial charge on any atom is 0.323 e. The second-order valence-corrected chi connectivity index (χ2v) is 6.81. The van der Waals surface area contributed by atoms with Crippen molar-refractivity contribution in [3.8, 4) is 5.75 Å². The van der Waals surface area contributed by atoms with Gasteiger partial charge in [-0.15, -0.1) is 0 Å². The smallest absolute Gasteiger partial charge is 0.323 e. The van der Waals surface area contributed by atoms with E-state index < -0.39 is 0 Å². The number of methoxy groups -OCH3 is 1. The topological polar surface area (TPSA) is 91.4 Å². The molecule has 0 aliphatic heterocycles. The first kappa shape index (κ1) is 21.9. The number of rotatable bonds is 8. The number of aromatic nitrogens is 2. The fraction of sp³-hybridized carbons (Fsp3) is 0.261. The number of nitrogens with one attached hydrogen (secondary N) is 3. The zero-order valence-electron chi connectivity index (χ0n) is 18.3. The van der Waals surface area contributed by atoms with Gasteiger partial charge in [-0.05, 0) is 57.2 Å². The molecule has 1 aromatic heterocycles. The molecule has 0 atom stereocenters. The van der Waals surface area contributed by atoms with Gasteiger partial charge >= 0.3 is 6.03 Å². The third kappa shape index (κ3) is 5.85. The number of amides is 2. The fourth-order valence-corrected chi connectivity index (χ4v) is 3.14. The molecule has 8 nitrogen and oxygen atoms in total. The molecule has 8 heteroatoms. The van der Waals surface area contributed by atoms with Crippen molar-refractivity contribution in [3.63, 3.8) is 0 Å². The number of hydrogen-bond donors (Lipinski definition) is 3. The van der Waals surface area contributed by atoms with E-state index in [4.69, 9.17) is 4.74 Å². The predicted molar refractivity (Wildman–Crippen MR) is 126 cm³/mol. The van der Waals surface area contributed by atoms with Crippen LogP contribution in [0, 0.1) is 6.92 Å². The molecule has 162 valence electrons. The summed E-state index contributed by atoms with van der Waals surface area (Å²) in [5, 5.41) is 8.90. The minimum atomic E-state index is -0.347. The summed E-state index contributed by atoms with van der Waals surface area (Å²) in [7, 11) is 1.56. The van der Waals surface area contributed by atoms with Crippen LogP contribution in [0.1, 0.15) is 19.7 Å². The molecule has 31 heavy (non-hydrogen) atoms. The van der Waals surface area contributed by atoms with Crippen molar-refractivity contribution in [1.29, 1.82) is 0 Å². The van der Waals surface area contributed by atoms with Gasteiger partial charge < -0.3 is 25.6 Å². The highest BCUT2D eigenvalue weighted by atomic mass is 16.5. The molecule has 0 radical (unpaired) electrons. The number of anilines is 5. The summed E-state index contributed by atoms with van der Waals surface area (Å²) in [5.41, 5.74) is 2.13. The number of carbonyl (C=O) groups is 1. The Kier molecular flexibility index (Phi) is 7.26. The van der Waals surface area contributed by atoms with E-state index in [1.807, 2.05) is 49.4 Å². The number of carbonyl (C=O) groups excluding carboxylic acids is 1. The molecule has 0 aliphatic carbocycles. The zero-order chi connectivity index (χ0) is 22.2. The average molecular weight is 421 g/mol. The first-order valence-electron chi connectivity index (χ1n) is 10.2. The summed E-state index contributed by atoms with van der Waals surface area (Å²) in [4.78, 5) is 23.5. The quantitative estimate of drug-likeness (QED) is 0.474. The molecule has 0 spiro atoms. The Morgan fingerprint density at radius 2 is 1.65 bits per heavy atom. The number of hydrogen-bond acceptors (Lipinski definition) is 6. The van der Waals surface area contributed by atoms with Crippen molar-refractivity contribution in [3.05, 3.63) is 60.4 Å². The van der Waals surface area contributed by atoms with Gasteiger partial charge in [0, 0.05) is 30.5 Å². The Morgan fingerprint density at radius 1 is 0.968 bits per heavy atom. The Labute approximate surface area is 182 Å². The third-order valence-electron chi connectivity index (χ3n) is 4.68. The maximum absolute atomic E-state index is 12.3. The highest BCUT2D eigenvalue weighted by molar-refractivity contribution is 6.00. The summed E-state index contributed by atoms with van der Waals surface area (Å²) in [6.45, 7) is 7.84. The Hall–Kier alpha value is -3.81. The molecule has 2 aromatic carbocycles. The molecule has 3 N–H and O–H groups in total. The lowest BCUT2D eigenvalue weighted by Gasteiger charge is -2.20. The van der Waals surface area contributed by atoms with Crippen molar-refractivity contribution in [2.24, 2.45) is 0 Å². The highest BCUT2D eigenvalue weighted by Crippen LogP contribution is 2.24. The summed E-state index contributed by atoms with van der Waals surface area (Å²) < 4.78 is 5.25. The number of nitrogens with zero attached hydrogens (tertiary/aromatic N) is 3. The van der Waals surface area contributed by atoms with Crippen LogP contribution in [0.5, 0.6) is 5.75 Å². The van der Waals surface area contributed by atoms with Crippen LogP contribution in [0.4, 0.5) is 33.5 Å². The van der Waals surface area contributed by atoms with Gasteiger partial charge in [0.2, 0.25) is 0 Å². The number of ether oxygens (including phenoxy) is 1. The van der Waals surface area contributed by atoms with Crippen LogP contribution >= 0.6 is 0 Å². The van der Waals surface area contributed by atoms with Crippen LogP contribution in [0.2, 0.25) is 0 Å². The van der Waals surface area contributed by atoms with Crippen LogP contribution in [-0.4, -0.2) is 36.2 Å². The van der Waals surface area contributed by atoms with E-state index in [1.54, 1.807) is 19.2 Å². The lowest BCUT2D eigenvalue weighted by Crippen LogP contribution is -2.23. The van der Waals surface area contributed by atoms with Crippen LogP contribution in [0.15, 0.2) is 54.6 Å². The van der Waals surface area contributed by atoms with Crippen LogP contribution < -0.4 is 25.6 Å². The highest BCUT2D eigenvalue weighted by Gasteiger charge is 2.09. The van der Waals surface area contributed by atoms with E-state index in [2.05, 4.69) is 44.7 Å². The summed E-state index contributed by atoms with van der Waals surface area (Å²) in [6, 6.07) is 16.2. The van der Waals surface area contributed by atoms with Gasteiger partial charge in [0.25, 0.3) is 0 Å². The minimum absolute atomic E-state index is 0.347. The standard InChI is InChI=1S/C23H28N6O2/c1-5-29(6-2)22-15-21(24-16(3)25-22)26-17-11-13-18(14-12-17)27-23(30)28-19-9-7-8-10-20(19)31-4/h7-15H,5-6H2,1-4H3,(H,24,25,26)(H2,27,28,30). The van der Waals surface area contributed by atoms with E-state index in [0.29, 0.717) is 22.9 Å². The van der Waals surface area contributed by atoms with Crippen molar-refractivity contribution < 1.29 is 9.53 Å². The SMILES string of the molecule is CCN(CC)c1cc(Nc2ccc(NC(=O)Nc3ccccc3OC)cc2)nc(C)n1. The molecular weight excluding hydrogens is 392 g/mol. The summed E-state index contributed by atoms with van der Waals surface area (Å²) in [6.07, 6.45) is 0. The Morgan fingerprint density at radius 3 is 2.32 bits per heavy atom. The summed E-state index contributed by atoms with van der Waals surface area (Å²) in [5.74, 6) is 2.93. The van der Waals surface area contributed by atoms with E-state index in [-0.39, 0.29) is 6.03 Å². The number of aryl methyl sites for hydroxylation is 1. The molecule has 0 aliphatic rings. The van der Waals surface area contributed by atoms with Crippen LogP contribution in [0.3, 0.4) is 0 Å². The minimum Gasteiger partial charge on any atom is -0.495 e. The van der Waals surface area contributed by atoms with Crippen molar-refractivity contribution in [2.75, 3.05) is 41.0 Å². The fourth-order valence-electron chi connectivity index (χ4n) is 3.14. The first-order chi connectivity index (χ1) is 15.0. The van der Waals surface area contributed by atoms with Gasteiger partial charge in [0.05, 0.1) is 12.8 Å². The van der Waals surface area contributed by atoms with Gasteiger partial charge in [-0.3, -0.25) is 0 Å². The van der Waals surface area contributed by atoms with Gasteiger partial charge in [0.1, 0.15) is 23.2 Å². The molecule has 0 fully saturated rings. The second kappa shape index (κ2) is 10.3. The van der Waals surface area contributed by atoms with Gasteiger partial charge in [-0.1, -0.05) is 12.1 Å². The molecule has 3 aromatic rings. The average Bonchev–Trinajstić information content (AvgIpc) is 2.76. The van der Waals surface area contributed by atoms with Gasteiger partial charge in [-0.2, -0.15) is 0 Å². The Balaban J connectivity index is 1.65. The van der Waals surface area contributed by atoms with Crippen molar-refractivity contribution in [1.82, 2.24) is 9.97 Å². The molecule has 0 saturated heterocycles. The second-order valence-electron chi connectivity index (χ2n) is 6.81. The molecule has 0 saturated carbocycles. The monoisotopic (exact) mass is 420 g/mol. The predicted octanol–water partition coefficient (Wildman–Crippen LogP) is 5.03. The van der Waals surface area contributed by atoms with Crippen LogP contribution in [-0.2, 0) is 0 Å². The van der Waals surface area contributed by atoms with Gasteiger partial charge in [-0.25, -0.2) is 14.8 Å². The molecule has 2 amide bonds. The maximum atomic E-state index is 12.3. The lowest BCUT2D eigenvalue weighted by atomic mass is 10.2. The van der Waals surface area contributed by atoms with Crippen molar-refractivity contribution >= 4 is 34.7 Å². The molecule has 1 heterocycles. The molecule has 0 bridgehead atoms. The molecule has 0 unspecified atom stereocenters. The largest absolute Gasteiger partial charge is 0.495 e. The number of urea groups is 1. The number of para-hydroxylation sites is 2. The van der Waals surface area contributed by atoms with Crippen molar-refractivity contribution in [2.45, 2.75) is 20.8 Å². The molecule has 3 rings (SSSR count). The van der Waals surface area contributed by atoms with E-state index in [9.17, 15) is 4.79 Å². The normalized spacial score (nSPS) is 10.3. The van der Waals surface area contributed by atoms with E-state index >= 15 is 0 Å². The van der Waals surface area contributed by atoms with E-state index in [0.717, 1.165) is 30.4 Å². The van der Waals surface area contributed by atoms with Crippen LogP contribution in [0.25, 0.3) is 0 Å². The molecular formula is C23H28N6O2. The zero-order valence-corrected chi connectivity index (χ0v) is 18.3. The summed E-state index contributed by atoms with van der Waals surface area (Å²) >= 11 is 0. The lowest BCUT2D eigenvalue weighted by molar-refractivity contribution is 0.262. The third-order valence-corrected chi connectivity index (χ3v) is 4.68.